The predicted octanol–water partition coefficient (Wildman–Crippen LogP) is 4.71. The van der Waals surface area contributed by atoms with Gasteiger partial charge in [-0.25, -0.2) is 0 Å². The molecule has 2 aliphatic rings. The zero-order valence-electron chi connectivity index (χ0n) is 22.1. The van der Waals surface area contributed by atoms with Crippen molar-refractivity contribution in [2.24, 2.45) is 7.05 Å². The molecule has 1 amide bonds. The van der Waals surface area contributed by atoms with Crippen LogP contribution in [0, 0.1) is 20.8 Å². The molecule has 0 bridgehead atoms. The fourth-order valence-corrected chi connectivity index (χ4v) is 5.30. The number of hydrogen-bond donors (Lipinski definition) is 0. The molecule has 0 saturated carbocycles. The van der Waals surface area contributed by atoms with Gasteiger partial charge in [0.25, 0.3) is 0 Å². The van der Waals surface area contributed by atoms with E-state index in [1.807, 2.05) is 29.7 Å². The maximum Gasteiger partial charge on any atom is 0.219 e. The number of aromatic nitrogens is 4. The average molecular weight is 478 g/mol. The van der Waals surface area contributed by atoms with Gasteiger partial charge in [-0.15, -0.1) is 0 Å². The lowest BCUT2D eigenvalue weighted by molar-refractivity contribution is -0.129. The van der Waals surface area contributed by atoms with E-state index in [4.69, 9.17) is 4.74 Å². The molecule has 2 aliphatic heterocycles. The van der Waals surface area contributed by atoms with Gasteiger partial charge in [0.2, 0.25) is 5.91 Å². The second kappa shape index (κ2) is 10.8. The molecule has 1 atom stereocenters. The molecule has 188 valence electrons. The first kappa shape index (κ1) is 25.2. The second-order valence-corrected chi connectivity index (χ2v) is 9.85. The zero-order valence-corrected chi connectivity index (χ0v) is 22.1. The largest absolute Gasteiger partial charge is 0.379 e. The van der Waals surface area contributed by atoms with Crippen molar-refractivity contribution in [2.75, 3.05) is 19.8 Å². The Morgan fingerprint density at radius 2 is 2.03 bits per heavy atom. The lowest BCUT2D eigenvalue weighted by Gasteiger charge is -2.27. The van der Waals surface area contributed by atoms with Crippen molar-refractivity contribution in [2.45, 2.75) is 72.9 Å². The van der Waals surface area contributed by atoms with E-state index in [-0.39, 0.29) is 5.91 Å². The van der Waals surface area contributed by atoms with E-state index < -0.39 is 0 Å². The van der Waals surface area contributed by atoms with Crippen LogP contribution in [0.3, 0.4) is 0 Å². The monoisotopic (exact) mass is 477 g/mol. The van der Waals surface area contributed by atoms with Crippen LogP contribution in [0.4, 0.5) is 0 Å². The maximum absolute atomic E-state index is 11.5. The molecule has 5 rings (SSSR count). The Morgan fingerprint density at radius 1 is 1.23 bits per heavy atom. The molecule has 0 aliphatic carbocycles. The number of rotatable bonds is 4. The Morgan fingerprint density at radius 3 is 2.66 bits per heavy atom. The van der Waals surface area contributed by atoms with Crippen molar-refractivity contribution in [1.29, 1.82) is 0 Å². The zero-order chi connectivity index (χ0) is 25.1. The Kier molecular flexibility index (Phi) is 7.75. The summed E-state index contributed by atoms with van der Waals surface area (Å²) in [5, 5.41) is 8.92. The number of amides is 1. The van der Waals surface area contributed by atoms with E-state index in [2.05, 4.69) is 54.0 Å². The van der Waals surface area contributed by atoms with Crippen molar-refractivity contribution < 1.29 is 9.53 Å². The van der Waals surface area contributed by atoms with E-state index in [9.17, 15) is 4.79 Å². The summed E-state index contributed by atoms with van der Waals surface area (Å²) in [5.74, 6) is 0.150. The van der Waals surface area contributed by atoms with Gasteiger partial charge in [-0.05, 0) is 55.9 Å². The molecule has 35 heavy (non-hydrogen) atoms. The molecular weight excluding hydrogens is 438 g/mol. The molecule has 0 spiro atoms. The highest BCUT2D eigenvalue weighted by Gasteiger charge is 2.28. The van der Waals surface area contributed by atoms with Crippen LogP contribution in [0.1, 0.15) is 66.4 Å². The number of carbonyl (C=O) groups is 1. The van der Waals surface area contributed by atoms with Crippen LogP contribution < -0.4 is 0 Å². The molecule has 4 heterocycles. The topological polar surface area (TPSA) is 65.2 Å². The van der Waals surface area contributed by atoms with Crippen molar-refractivity contribution in [3.8, 4) is 11.1 Å². The van der Waals surface area contributed by atoms with E-state index in [1.54, 1.807) is 6.92 Å². The smallest absolute Gasteiger partial charge is 0.219 e. The second-order valence-electron chi connectivity index (χ2n) is 9.85. The van der Waals surface area contributed by atoms with Crippen LogP contribution >= 0.6 is 0 Å². The Hall–Kier alpha value is -2.93. The van der Waals surface area contributed by atoms with Crippen LogP contribution in [0.2, 0.25) is 0 Å². The molecule has 1 aromatic carbocycles. The van der Waals surface area contributed by atoms with E-state index in [1.165, 1.54) is 45.5 Å². The quantitative estimate of drug-likeness (QED) is 0.546. The van der Waals surface area contributed by atoms with Crippen molar-refractivity contribution in [1.82, 2.24) is 24.5 Å². The summed E-state index contributed by atoms with van der Waals surface area (Å²) in [5.41, 5.74) is 10.4. The van der Waals surface area contributed by atoms with Gasteiger partial charge in [-0.2, -0.15) is 10.2 Å². The molecule has 7 heteroatoms. The Bertz CT molecular complexity index is 1190. The van der Waals surface area contributed by atoms with E-state index in [0.717, 1.165) is 44.7 Å². The molecule has 7 nitrogen and oxygen atoms in total. The summed E-state index contributed by atoms with van der Waals surface area (Å²) in [6.45, 7) is 13.4. The molecule has 3 aromatic rings. The number of benzene rings is 1. The maximum atomic E-state index is 11.5. The van der Waals surface area contributed by atoms with Crippen LogP contribution in [-0.2, 0) is 36.0 Å². The van der Waals surface area contributed by atoms with Gasteiger partial charge in [-0.1, -0.05) is 25.5 Å². The molecule has 2 aromatic heterocycles. The Labute approximate surface area is 209 Å². The van der Waals surface area contributed by atoms with Gasteiger partial charge in [0.05, 0.1) is 24.5 Å². The highest BCUT2D eigenvalue weighted by molar-refractivity contribution is 5.73. The van der Waals surface area contributed by atoms with E-state index >= 15 is 0 Å². The normalized spacial score (nSPS) is 17.2. The standard InChI is InChI=1S/C15H20N2.C13H19N3O2/c1-5-6-14-11(2)7-8-15(12(14)3)13-9-16-17(4)10-13;1-9-12-7-15(10(2)17)5-3-13(12)16(14-9)11-4-6-18-8-11/h7-10H,5-6H2,1-4H3;11H,3-8H2,1-2H3. The van der Waals surface area contributed by atoms with Crippen LogP contribution in [-0.4, -0.2) is 50.1 Å². The van der Waals surface area contributed by atoms with E-state index in [0.29, 0.717) is 12.6 Å². The van der Waals surface area contributed by atoms with Gasteiger partial charge in [-0.3, -0.25) is 14.2 Å². The van der Waals surface area contributed by atoms with Gasteiger partial charge in [0.1, 0.15) is 0 Å². The summed E-state index contributed by atoms with van der Waals surface area (Å²) < 4.78 is 9.45. The molecule has 1 unspecified atom stereocenters. The van der Waals surface area contributed by atoms with Crippen LogP contribution in [0.25, 0.3) is 11.1 Å². The number of ether oxygens (including phenoxy) is 1. The number of nitrogens with zero attached hydrogens (tertiary/aromatic N) is 5. The minimum absolute atomic E-state index is 0.150. The van der Waals surface area contributed by atoms with Crippen LogP contribution in [0.5, 0.6) is 0 Å². The fraction of sp³-hybridized carbons (Fsp3) is 0.536. The van der Waals surface area contributed by atoms with Crippen LogP contribution in [0.15, 0.2) is 24.5 Å². The summed E-state index contributed by atoms with van der Waals surface area (Å²) in [4.78, 5) is 13.4. The molecule has 0 N–H and O–H groups in total. The highest BCUT2D eigenvalue weighted by Crippen LogP contribution is 2.29. The third kappa shape index (κ3) is 5.35. The SMILES string of the molecule is CC(=O)N1CCc2c(c(C)nn2C2CCOC2)C1.CCCc1c(C)ccc(-c2cnn(C)c2)c1C. The van der Waals surface area contributed by atoms with Gasteiger partial charge in [0, 0.05) is 63.1 Å². The summed E-state index contributed by atoms with van der Waals surface area (Å²) in [7, 11) is 1.96. The summed E-state index contributed by atoms with van der Waals surface area (Å²) >= 11 is 0. The van der Waals surface area contributed by atoms with Crippen molar-refractivity contribution in [3.05, 3.63) is 58.2 Å². The summed E-state index contributed by atoms with van der Waals surface area (Å²) in [6.07, 6.45) is 8.32. The lowest BCUT2D eigenvalue weighted by Crippen LogP contribution is -2.35. The van der Waals surface area contributed by atoms with Crippen molar-refractivity contribution >= 4 is 5.91 Å². The first-order chi connectivity index (χ1) is 16.8. The highest BCUT2D eigenvalue weighted by atomic mass is 16.5. The molecule has 1 fully saturated rings. The average Bonchev–Trinajstić information content (AvgIpc) is 3.58. The van der Waals surface area contributed by atoms with Gasteiger partial charge >= 0.3 is 0 Å². The van der Waals surface area contributed by atoms with Gasteiger partial charge < -0.3 is 9.64 Å². The van der Waals surface area contributed by atoms with Gasteiger partial charge in [0.15, 0.2) is 0 Å². The lowest BCUT2D eigenvalue weighted by atomic mass is 9.92. The molecule has 1 saturated heterocycles. The third-order valence-corrected chi connectivity index (χ3v) is 7.33. The molecular formula is C28H39N5O2. The Balaban J connectivity index is 0.000000165. The molecule has 0 radical (unpaired) electrons. The number of fused-ring (bicyclic) bond motifs is 1. The number of carbonyl (C=O) groups excluding carboxylic acids is 1. The number of hydrogen-bond acceptors (Lipinski definition) is 4. The fourth-order valence-electron chi connectivity index (χ4n) is 5.30. The first-order valence-electron chi connectivity index (χ1n) is 12.8. The number of aryl methyl sites for hydroxylation is 3. The first-order valence-corrected chi connectivity index (χ1v) is 12.8. The minimum atomic E-state index is 0.150. The summed E-state index contributed by atoms with van der Waals surface area (Å²) in [6, 6.07) is 4.82. The predicted molar refractivity (Wildman–Crippen MR) is 138 cm³/mol. The minimum Gasteiger partial charge on any atom is -0.379 e. The third-order valence-electron chi connectivity index (χ3n) is 7.33. The van der Waals surface area contributed by atoms with Crippen molar-refractivity contribution in [3.63, 3.8) is 0 Å².